The van der Waals surface area contributed by atoms with Crippen LogP contribution >= 0.6 is 0 Å². The molecular weight excluding hydrogens is 176 g/mol. The maximum Gasteiger partial charge on any atom is 0.328 e. The molecule has 0 bridgehead atoms. The van der Waals surface area contributed by atoms with Gasteiger partial charge >= 0.3 is 5.97 Å². The molecule has 74 valence electrons. The fourth-order valence-corrected chi connectivity index (χ4v) is 1.33. The largest absolute Gasteiger partial charge is 0.478 e. The number of hydrogen-bond donors (Lipinski definition) is 1. The van der Waals surface area contributed by atoms with Crippen molar-refractivity contribution in [2.45, 2.75) is 13.3 Å². The van der Waals surface area contributed by atoms with Crippen molar-refractivity contribution in [2.75, 3.05) is 0 Å². The molecule has 2 nitrogen and oxygen atoms in total. The van der Waals surface area contributed by atoms with Crippen LogP contribution in [0.5, 0.6) is 0 Å². The molecule has 1 N–H and O–H groups in total. The van der Waals surface area contributed by atoms with Crippen LogP contribution in [0.25, 0.3) is 0 Å². The van der Waals surface area contributed by atoms with E-state index in [-0.39, 0.29) is 5.41 Å². The lowest BCUT2D eigenvalue weighted by Crippen LogP contribution is -2.13. The van der Waals surface area contributed by atoms with Crippen LogP contribution in [0.4, 0.5) is 0 Å². The van der Waals surface area contributed by atoms with E-state index in [1.54, 1.807) is 12.2 Å². The lowest BCUT2D eigenvalue weighted by molar-refractivity contribution is -0.131. The number of allylic oxidation sites excluding steroid dienone is 6. The number of hydrogen-bond acceptors (Lipinski definition) is 1. The second kappa shape index (κ2) is 4.09. The molecule has 0 aromatic heterocycles. The summed E-state index contributed by atoms with van der Waals surface area (Å²) < 4.78 is 0. The van der Waals surface area contributed by atoms with Gasteiger partial charge in [0.1, 0.15) is 0 Å². The number of carboxylic acids is 1. The van der Waals surface area contributed by atoms with Gasteiger partial charge in [-0.3, -0.25) is 0 Å². The molecule has 2 heteroatoms. The summed E-state index contributed by atoms with van der Waals surface area (Å²) in [5.74, 6) is -0.925. The van der Waals surface area contributed by atoms with E-state index in [2.05, 4.69) is 12.7 Å². The first-order chi connectivity index (χ1) is 6.58. The molecule has 1 aliphatic rings. The van der Waals surface area contributed by atoms with Gasteiger partial charge in [-0.05, 0) is 13.3 Å². The second-order valence-electron chi connectivity index (χ2n) is 3.47. The molecule has 1 rings (SSSR count). The van der Waals surface area contributed by atoms with E-state index in [1.165, 1.54) is 11.6 Å². The van der Waals surface area contributed by atoms with Crippen LogP contribution in [0.3, 0.4) is 0 Å². The average molecular weight is 190 g/mol. The van der Waals surface area contributed by atoms with E-state index >= 15 is 0 Å². The Hall–Kier alpha value is -1.57. The van der Waals surface area contributed by atoms with Crippen molar-refractivity contribution < 1.29 is 9.90 Å². The number of carboxylic acid groups (broad SMARTS) is 1. The van der Waals surface area contributed by atoms with Crippen molar-refractivity contribution in [1.82, 2.24) is 0 Å². The molecule has 1 atom stereocenters. The summed E-state index contributed by atoms with van der Waals surface area (Å²) in [6, 6.07) is 0. The first-order valence-electron chi connectivity index (χ1n) is 4.50. The van der Waals surface area contributed by atoms with Crippen LogP contribution in [0.15, 0.2) is 48.6 Å². The van der Waals surface area contributed by atoms with Crippen molar-refractivity contribution in [3.8, 4) is 0 Å². The van der Waals surface area contributed by atoms with E-state index in [1.807, 2.05) is 19.1 Å². The van der Waals surface area contributed by atoms with Crippen LogP contribution in [-0.2, 0) is 4.79 Å². The smallest absolute Gasteiger partial charge is 0.328 e. The quantitative estimate of drug-likeness (QED) is 0.548. The molecule has 14 heavy (non-hydrogen) atoms. The Bertz CT molecular complexity index is 334. The number of rotatable bonds is 3. The Morgan fingerprint density at radius 2 is 2.43 bits per heavy atom. The van der Waals surface area contributed by atoms with Crippen LogP contribution < -0.4 is 0 Å². The lowest BCUT2D eigenvalue weighted by Gasteiger charge is -2.24. The minimum Gasteiger partial charge on any atom is -0.478 e. The topological polar surface area (TPSA) is 37.3 Å². The zero-order valence-corrected chi connectivity index (χ0v) is 8.23. The maximum atomic E-state index is 10.4. The zero-order chi connectivity index (χ0) is 10.6. The van der Waals surface area contributed by atoms with Gasteiger partial charge in [-0.1, -0.05) is 36.0 Å². The van der Waals surface area contributed by atoms with E-state index in [4.69, 9.17) is 5.11 Å². The maximum absolute atomic E-state index is 10.4. The molecule has 0 saturated carbocycles. The van der Waals surface area contributed by atoms with E-state index in [0.29, 0.717) is 0 Å². The van der Waals surface area contributed by atoms with Gasteiger partial charge in [0.2, 0.25) is 0 Å². The zero-order valence-electron chi connectivity index (χ0n) is 8.23. The van der Waals surface area contributed by atoms with Crippen LogP contribution in [0, 0.1) is 5.41 Å². The number of aliphatic carboxylic acids is 1. The predicted octanol–water partition coefficient (Wildman–Crippen LogP) is 2.71. The highest BCUT2D eigenvalue weighted by molar-refractivity contribution is 5.80. The fraction of sp³-hybridized carbons (Fsp3) is 0.250. The van der Waals surface area contributed by atoms with Crippen molar-refractivity contribution in [2.24, 2.45) is 5.41 Å². The SMILES string of the molecule is C=CC1(C=CC(=O)O)C=CC(C)=CC1. The van der Waals surface area contributed by atoms with Gasteiger partial charge in [-0.2, -0.15) is 0 Å². The van der Waals surface area contributed by atoms with Gasteiger partial charge in [0.15, 0.2) is 0 Å². The Morgan fingerprint density at radius 1 is 1.71 bits per heavy atom. The highest BCUT2D eigenvalue weighted by Gasteiger charge is 2.20. The van der Waals surface area contributed by atoms with Gasteiger partial charge in [0.25, 0.3) is 0 Å². The summed E-state index contributed by atoms with van der Waals surface area (Å²) in [6.45, 7) is 5.75. The van der Waals surface area contributed by atoms with E-state index in [9.17, 15) is 4.79 Å². The molecule has 0 radical (unpaired) electrons. The summed E-state index contributed by atoms with van der Waals surface area (Å²) in [6.07, 6.45) is 11.4. The molecule has 0 spiro atoms. The van der Waals surface area contributed by atoms with Gasteiger partial charge in [-0.25, -0.2) is 4.79 Å². The second-order valence-corrected chi connectivity index (χ2v) is 3.47. The Kier molecular flexibility index (Phi) is 3.07. The minimum atomic E-state index is -0.925. The summed E-state index contributed by atoms with van der Waals surface area (Å²) in [5, 5.41) is 8.55. The third-order valence-corrected chi connectivity index (χ3v) is 2.35. The van der Waals surface area contributed by atoms with Crippen molar-refractivity contribution in [3.05, 3.63) is 48.6 Å². The van der Waals surface area contributed by atoms with Gasteiger partial charge in [-0.15, -0.1) is 6.58 Å². The lowest BCUT2D eigenvalue weighted by atomic mass is 9.80. The van der Waals surface area contributed by atoms with Gasteiger partial charge in [0, 0.05) is 11.5 Å². The Labute approximate surface area is 83.9 Å². The third kappa shape index (κ3) is 2.46. The highest BCUT2D eigenvalue weighted by Crippen LogP contribution is 2.32. The third-order valence-electron chi connectivity index (χ3n) is 2.35. The molecule has 0 amide bonds. The standard InChI is InChI=1S/C12H14O2/c1-3-12(9-6-11(13)14)7-4-10(2)5-8-12/h3-7,9H,1,8H2,2H3,(H,13,14). The van der Waals surface area contributed by atoms with Crippen molar-refractivity contribution in [3.63, 3.8) is 0 Å². The monoisotopic (exact) mass is 190 g/mol. The minimum absolute atomic E-state index is 0.322. The molecule has 0 fully saturated rings. The van der Waals surface area contributed by atoms with Gasteiger partial charge in [0.05, 0.1) is 0 Å². The predicted molar refractivity (Wildman–Crippen MR) is 56.9 cm³/mol. The Balaban J connectivity index is 2.86. The first kappa shape index (κ1) is 10.5. The van der Waals surface area contributed by atoms with Crippen LogP contribution in [0.2, 0.25) is 0 Å². The summed E-state index contributed by atoms with van der Waals surface area (Å²) in [5.41, 5.74) is 0.879. The average Bonchev–Trinajstić information content (AvgIpc) is 2.18. The number of carbonyl (C=O) groups is 1. The molecule has 0 aromatic rings. The van der Waals surface area contributed by atoms with E-state index < -0.39 is 5.97 Å². The summed E-state index contributed by atoms with van der Waals surface area (Å²) >= 11 is 0. The summed E-state index contributed by atoms with van der Waals surface area (Å²) in [4.78, 5) is 10.4. The summed E-state index contributed by atoms with van der Waals surface area (Å²) in [7, 11) is 0. The van der Waals surface area contributed by atoms with Crippen molar-refractivity contribution in [1.29, 1.82) is 0 Å². The Morgan fingerprint density at radius 3 is 2.86 bits per heavy atom. The molecule has 1 aliphatic carbocycles. The molecule has 0 heterocycles. The molecule has 0 saturated heterocycles. The van der Waals surface area contributed by atoms with Crippen LogP contribution in [0.1, 0.15) is 13.3 Å². The molecular formula is C12H14O2. The normalized spacial score (nSPS) is 26.2. The van der Waals surface area contributed by atoms with Gasteiger partial charge < -0.3 is 5.11 Å². The van der Waals surface area contributed by atoms with Crippen molar-refractivity contribution >= 4 is 5.97 Å². The molecule has 0 aromatic carbocycles. The molecule has 1 unspecified atom stereocenters. The van der Waals surface area contributed by atoms with Crippen LogP contribution in [-0.4, -0.2) is 11.1 Å². The fourth-order valence-electron chi connectivity index (χ4n) is 1.33. The highest BCUT2D eigenvalue weighted by atomic mass is 16.4. The molecule has 0 aliphatic heterocycles. The van der Waals surface area contributed by atoms with E-state index in [0.717, 1.165) is 6.42 Å². The first-order valence-corrected chi connectivity index (χ1v) is 4.50.